The van der Waals surface area contributed by atoms with E-state index in [1.165, 1.54) is 0 Å². The first kappa shape index (κ1) is 21.5. The van der Waals surface area contributed by atoms with Gasteiger partial charge in [0.1, 0.15) is 17.0 Å². The highest BCUT2D eigenvalue weighted by Gasteiger charge is 2.24. The van der Waals surface area contributed by atoms with Gasteiger partial charge in [-0.15, -0.1) is 0 Å². The lowest BCUT2D eigenvalue weighted by Gasteiger charge is -2.10. The number of hydrogen-bond acceptors (Lipinski definition) is 7. The number of aromatic nitrogens is 4. The Morgan fingerprint density at radius 3 is 2.56 bits per heavy atom. The number of carbonyl (C=O) groups excluding carboxylic acids is 1. The molecule has 0 bridgehead atoms. The van der Waals surface area contributed by atoms with Crippen molar-refractivity contribution < 1.29 is 13.8 Å². The second-order valence-electron chi connectivity index (χ2n) is 7.48. The Morgan fingerprint density at radius 2 is 1.74 bits per heavy atom. The Morgan fingerprint density at radius 1 is 0.971 bits per heavy atom. The number of aryl methyl sites for hydroxylation is 1. The minimum Gasteiger partial charge on any atom is -0.360 e. The van der Waals surface area contributed by atoms with Crippen LogP contribution in [0.4, 0.5) is 5.69 Å². The van der Waals surface area contributed by atoms with Gasteiger partial charge in [0.15, 0.2) is 0 Å². The standard InChI is InChI=1S/C25H18ClN5O3/c1-15-22(23(30-33-15)18-7-3-4-8-19(18)26)25(32)28-20-9-5-2-6-17(20)14-21-29-24(31-34-21)16-10-12-27-13-11-16/h2-13H,14H2,1H3,(H,28,32). The van der Waals surface area contributed by atoms with Crippen molar-refractivity contribution in [2.45, 2.75) is 13.3 Å². The molecule has 0 radical (unpaired) electrons. The van der Waals surface area contributed by atoms with Crippen LogP contribution in [0.5, 0.6) is 0 Å². The topological polar surface area (TPSA) is 107 Å². The highest BCUT2D eigenvalue weighted by molar-refractivity contribution is 6.33. The van der Waals surface area contributed by atoms with Crippen LogP contribution in [0.3, 0.4) is 0 Å². The highest BCUT2D eigenvalue weighted by Crippen LogP contribution is 2.32. The van der Waals surface area contributed by atoms with E-state index in [0.29, 0.717) is 51.4 Å². The minimum absolute atomic E-state index is 0.320. The number of nitrogens with one attached hydrogen (secondary N) is 1. The summed E-state index contributed by atoms with van der Waals surface area (Å²) in [6.45, 7) is 1.69. The molecule has 0 unspecified atom stereocenters. The lowest BCUT2D eigenvalue weighted by Crippen LogP contribution is -2.15. The molecule has 1 amide bonds. The van der Waals surface area contributed by atoms with E-state index in [1.54, 1.807) is 43.6 Å². The lowest BCUT2D eigenvalue weighted by atomic mass is 10.0. The zero-order chi connectivity index (χ0) is 23.5. The van der Waals surface area contributed by atoms with Crippen molar-refractivity contribution in [1.29, 1.82) is 0 Å². The van der Waals surface area contributed by atoms with Gasteiger partial charge in [-0.1, -0.05) is 58.3 Å². The number of amides is 1. The molecule has 34 heavy (non-hydrogen) atoms. The molecule has 0 spiro atoms. The Labute approximate surface area is 199 Å². The van der Waals surface area contributed by atoms with Crippen molar-refractivity contribution in [3.8, 4) is 22.6 Å². The van der Waals surface area contributed by atoms with Crippen LogP contribution in [0.1, 0.15) is 27.6 Å². The summed E-state index contributed by atoms with van der Waals surface area (Å²) in [5.74, 6) is 0.933. The van der Waals surface area contributed by atoms with Gasteiger partial charge in [0, 0.05) is 29.2 Å². The van der Waals surface area contributed by atoms with Crippen molar-refractivity contribution in [3.05, 3.63) is 101 Å². The number of benzene rings is 2. The predicted octanol–water partition coefficient (Wildman–Crippen LogP) is 5.59. The number of para-hydroxylation sites is 1. The van der Waals surface area contributed by atoms with E-state index in [2.05, 4.69) is 25.6 Å². The molecule has 0 aliphatic heterocycles. The number of halogens is 1. The van der Waals surface area contributed by atoms with Gasteiger partial charge in [-0.3, -0.25) is 9.78 Å². The number of pyridine rings is 1. The van der Waals surface area contributed by atoms with Crippen LogP contribution in [-0.2, 0) is 6.42 Å². The number of rotatable bonds is 6. The molecular formula is C25H18ClN5O3. The van der Waals surface area contributed by atoms with Gasteiger partial charge >= 0.3 is 0 Å². The zero-order valence-electron chi connectivity index (χ0n) is 18.0. The molecule has 2 aromatic carbocycles. The largest absolute Gasteiger partial charge is 0.360 e. The molecule has 9 heteroatoms. The summed E-state index contributed by atoms with van der Waals surface area (Å²) in [5.41, 5.74) is 3.56. The van der Waals surface area contributed by atoms with E-state index in [4.69, 9.17) is 20.6 Å². The van der Waals surface area contributed by atoms with E-state index < -0.39 is 0 Å². The molecule has 0 saturated carbocycles. The fraction of sp³-hybridized carbons (Fsp3) is 0.0800. The number of anilines is 1. The summed E-state index contributed by atoms with van der Waals surface area (Å²) in [5, 5.41) is 11.6. The second-order valence-corrected chi connectivity index (χ2v) is 7.89. The summed E-state index contributed by atoms with van der Waals surface area (Å²) >= 11 is 6.33. The first-order chi connectivity index (χ1) is 16.6. The van der Waals surface area contributed by atoms with Crippen molar-refractivity contribution in [2.75, 3.05) is 5.32 Å². The molecule has 0 aliphatic carbocycles. The van der Waals surface area contributed by atoms with Crippen molar-refractivity contribution >= 4 is 23.2 Å². The van der Waals surface area contributed by atoms with Gasteiger partial charge < -0.3 is 14.4 Å². The first-order valence-electron chi connectivity index (χ1n) is 10.4. The Kier molecular flexibility index (Phi) is 5.88. The lowest BCUT2D eigenvalue weighted by molar-refractivity contribution is 0.102. The maximum Gasteiger partial charge on any atom is 0.261 e. The van der Waals surface area contributed by atoms with E-state index in [9.17, 15) is 4.79 Å². The summed E-state index contributed by atoms with van der Waals surface area (Å²) in [7, 11) is 0. The molecule has 168 valence electrons. The van der Waals surface area contributed by atoms with Crippen LogP contribution in [-0.4, -0.2) is 26.2 Å². The predicted molar refractivity (Wildman–Crippen MR) is 126 cm³/mol. The Bertz CT molecular complexity index is 1460. The summed E-state index contributed by atoms with van der Waals surface area (Å²) in [4.78, 5) is 21.7. The molecule has 0 fully saturated rings. The van der Waals surface area contributed by atoms with Crippen LogP contribution >= 0.6 is 11.6 Å². The molecule has 3 aromatic heterocycles. The van der Waals surface area contributed by atoms with Gasteiger partial charge in [0.2, 0.25) is 11.7 Å². The Hall–Kier alpha value is -4.30. The second kappa shape index (κ2) is 9.29. The monoisotopic (exact) mass is 471 g/mol. The van der Waals surface area contributed by atoms with E-state index in [1.807, 2.05) is 36.4 Å². The maximum atomic E-state index is 13.3. The van der Waals surface area contributed by atoms with Gasteiger partial charge in [0.05, 0.1) is 11.4 Å². The molecule has 8 nitrogen and oxygen atoms in total. The van der Waals surface area contributed by atoms with Gasteiger partial charge in [0.25, 0.3) is 5.91 Å². The minimum atomic E-state index is -0.357. The molecule has 1 N–H and O–H groups in total. The van der Waals surface area contributed by atoms with E-state index >= 15 is 0 Å². The summed E-state index contributed by atoms with van der Waals surface area (Å²) in [6.07, 6.45) is 3.67. The fourth-order valence-corrected chi connectivity index (χ4v) is 3.79. The maximum absolute atomic E-state index is 13.3. The zero-order valence-corrected chi connectivity index (χ0v) is 18.8. The number of carbonyl (C=O) groups is 1. The third kappa shape index (κ3) is 4.31. The van der Waals surface area contributed by atoms with Crippen LogP contribution in [0.25, 0.3) is 22.6 Å². The molecule has 3 heterocycles. The third-order valence-corrected chi connectivity index (χ3v) is 5.56. The number of hydrogen-bond donors (Lipinski definition) is 1. The average Bonchev–Trinajstić information content (AvgIpc) is 3.48. The van der Waals surface area contributed by atoms with Crippen LogP contribution in [0.15, 0.2) is 82.1 Å². The summed E-state index contributed by atoms with van der Waals surface area (Å²) < 4.78 is 10.8. The van der Waals surface area contributed by atoms with E-state index in [-0.39, 0.29) is 5.91 Å². The molecule has 0 saturated heterocycles. The molecule has 5 rings (SSSR count). The SMILES string of the molecule is Cc1onc(-c2ccccc2Cl)c1C(=O)Nc1ccccc1Cc1nc(-c2ccncc2)no1. The van der Waals surface area contributed by atoms with Crippen molar-refractivity contribution in [3.63, 3.8) is 0 Å². The van der Waals surface area contributed by atoms with Crippen LogP contribution in [0, 0.1) is 6.92 Å². The van der Waals surface area contributed by atoms with Crippen LogP contribution in [0.2, 0.25) is 5.02 Å². The molecular weight excluding hydrogens is 454 g/mol. The van der Waals surface area contributed by atoms with E-state index in [0.717, 1.165) is 11.1 Å². The fourth-order valence-electron chi connectivity index (χ4n) is 3.57. The number of nitrogens with zero attached hydrogens (tertiary/aromatic N) is 4. The van der Waals surface area contributed by atoms with Gasteiger partial charge in [-0.05, 0) is 36.8 Å². The van der Waals surface area contributed by atoms with Gasteiger partial charge in [-0.2, -0.15) is 4.98 Å². The molecule has 0 atom stereocenters. The highest BCUT2D eigenvalue weighted by atomic mass is 35.5. The average molecular weight is 472 g/mol. The molecule has 5 aromatic rings. The normalized spacial score (nSPS) is 10.9. The Balaban J connectivity index is 1.41. The van der Waals surface area contributed by atoms with Crippen molar-refractivity contribution in [2.24, 2.45) is 0 Å². The third-order valence-electron chi connectivity index (χ3n) is 5.23. The summed E-state index contributed by atoms with van der Waals surface area (Å²) in [6, 6.07) is 18.2. The quantitative estimate of drug-likeness (QED) is 0.344. The van der Waals surface area contributed by atoms with Crippen LogP contribution < -0.4 is 5.32 Å². The smallest absolute Gasteiger partial charge is 0.261 e. The molecule has 0 aliphatic rings. The first-order valence-corrected chi connectivity index (χ1v) is 10.8. The van der Waals surface area contributed by atoms with Gasteiger partial charge in [-0.25, -0.2) is 0 Å². The van der Waals surface area contributed by atoms with Crippen molar-refractivity contribution in [1.82, 2.24) is 20.3 Å².